The summed E-state index contributed by atoms with van der Waals surface area (Å²) in [6.45, 7) is 0.934. The first-order chi connectivity index (χ1) is 11.4. The number of carbonyl (C=O) groups excluding carboxylic acids is 1. The highest BCUT2D eigenvalue weighted by Crippen LogP contribution is 2.31. The fourth-order valence-corrected chi connectivity index (χ4v) is 2.50. The van der Waals surface area contributed by atoms with E-state index in [0.717, 1.165) is 18.3 Å². The van der Waals surface area contributed by atoms with Crippen molar-refractivity contribution in [3.63, 3.8) is 0 Å². The van der Waals surface area contributed by atoms with Crippen molar-refractivity contribution in [2.75, 3.05) is 13.1 Å². The van der Waals surface area contributed by atoms with Crippen LogP contribution in [-0.4, -0.2) is 44.8 Å². The van der Waals surface area contributed by atoms with Gasteiger partial charge in [0.1, 0.15) is 12.6 Å². The standard InChI is InChI=1S/C15H15F3N4O2/c16-15(17,18)11-2-5-19-13(8-11)24-12-3-7-21(9-12)14(23)10-22-6-1-4-20-22/h1-2,4-6,8,12H,3,7,9-10H2. The van der Waals surface area contributed by atoms with Gasteiger partial charge in [-0.2, -0.15) is 18.3 Å². The minimum Gasteiger partial charge on any atom is -0.472 e. The van der Waals surface area contributed by atoms with Gasteiger partial charge in [-0.25, -0.2) is 4.98 Å². The van der Waals surface area contributed by atoms with Crippen LogP contribution < -0.4 is 4.74 Å². The summed E-state index contributed by atoms with van der Waals surface area (Å²) in [5, 5.41) is 3.97. The van der Waals surface area contributed by atoms with Gasteiger partial charge >= 0.3 is 6.18 Å². The number of hydrogen-bond acceptors (Lipinski definition) is 4. The summed E-state index contributed by atoms with van der Waals surface area (Å²) in [7, 11) is 0. The maximum Gasteiger partial charge on any atom is 0.416 e. The number of likely N-dealkylation sites (tertiary alicyclic amines) is 1. The molecule has 3 rings (SSSR count). The SMILES string of the molecule is O=C(Cn1cccn1)N1CCC(Oc2cc(C(F)(F)F)ccn2)C1. The number of nitrogens with zero attached hydrogens (tertiary/aromatic N) is 4. The Labute approximate surface area is 135 Å². The highest BCUT2D eigenvalue weighted by molar-refractivity contribution is 5.76. The molecule has 0 aromatic carbocycles. The molecule has 0 radical (unpaired) electrons. The Bertz CT molecular complexity index is 703. The predicted molar refractivity (Wildman–Crippen MR) is 77.1 cm³/mol. The topological polar surface area (TPSA) is 60.2 Å². The van der Waals surface area contributed by atoms with Crippen LogP contribution in [0.25, 0.3) is 0 Å². The molecule has 9 heteroatoms. The average molecular weight is 340 g/mol. The maximum absolute atomic E-state index is 12.7. The summed E-state index contributed by atoms with van der Waals surface area (Å²) in [5.74, 6) is -0.196. The first kappa shape index (κ1) is 16.3. The summed E-state index contributed by atoms with van der Waals surface area (Å²) >= 11 is 0. The highest BCUT2D eigenvalue weighted by atomic mass is 19.4. The highest BCUT2D eigenvalue weighted by Gasteiger charge is 2.32. The van der Waals surface area contributed by atoms with Crippen molar-refractivity contribution < 1.29 is 22.7 Å². The Morgan fingerprint density at radius 3 is 2.92 bits per heavy atom. The summed E-state index contributed by atoms with van der Waals surface area (Å²) in [6, 6.07) is 3.48. The Balaban J connectivity index is 1.57. The van der Waals surface area contributed by atoms with Crippen molar-refractivity contribution in [2.45, 2.75) is 25.2 Å². The van der Waals surface area contributed by atoms with Crippen molar-refractivity contribution in [3.8, 4) is 5.88 Å². The Kier molecular flexibility index (Phi) is 4.41. The van der Waals surface area contributed by atoms with Gasteiger partial charge in [-0.05, 0) is 12.1 Å². The molecule has 3 heterocycles. The van der Waals surface area contributed by atoms with E-state index in [1.54, 1.807) is 23.4 Å². The van der Waals surface area contributed by atoms with Crippen molar-refractivity contribution in [1.29, 1.82) is 0 Å². The Morgan fingerprint density at radius 1 is 1.38 bits per heavy atom. The molecule has 1 saturated heterocycles. The van der Waals surface area contributed by atoms with Gasteiger partial charge in [0.15, 0.2) is 0 Å². The van der Waals surface area contributed by atoms with E-state index in [-0.39, 0.29) is 24.4 Å². The molecule has 2 aromatic heterocycles. The molecule has 0 bridgehead atoms. The molecule has 1 aliphatic rings. The molecule has 24 heavy (non-hydrogen) atoms. The van der Waals surface area contributed by atoms with E-state index in [2.05, 4.69) is 10.1 Å². The van der Waals surface area contributed by atoms with Gasteiger partial charge in [-0.15, -0.1) is 0 Å². The lowest BCUT2D eigenvalue weighted by Gasteiger charge is -2.17. The van der Waals surface area contributed by atoms with Crippen LogP contribution in [0.3, 0.4) is 0 Å². The lowest BCUT2D eigenvalue weighted by atomic mass is 10.2. The van der Waals surface area contributed by atoms with Gasteiger partial charge in [0, 0.05) is 37.6 Å². The van der Waals surface area contributed by atoms with E-state index in [9.17, 15) is 18.0 Å². The average Bonchev–Trinajstić information content (AvgIpc) is 3.18. The monoisotopic (exact) mass is 340 g/mol. The third kappa shape index (κ3) is 3.84. The van der Waals surface area contributed by atoms with Crippen LogP contribution in [0.5, 0.6) is 5.88 Å². The Morgan fingerprint density at radius 2 is 2.21 bits per heavy atom. The summed E-state index contributed by atoms with van der Waals surface area (Å²) in [5.41, 5.74) is -0.808. The van der Waals surface area contributed by atoms with Gasteiger partial charge < -0.3 is 9.64 Å². The van der Waals surface area contributed by atoms with E-state index >= 15 is 0 Å². The largest absolute Gasteiger partial charge is 0.472 e. The zero-order valence-electron chi connectivity index (χ0n) is 12.6. The summed E-state index contributed by atoms with van der Waals surface area (Å²) in [4.78, 5) is 17.6. The van der Waals surface area contributed by atoms with Gasteiger partial charge in [0.2, 0.25) is 11.8 Å². The molecule has 0 aliphatic carbocycles. The number of hydrogen-bond donors (Lipinski definition) is 0. The molecular formula is C15H15F3N4O2. The first-order valence-corrected chi connectivity index (χ1v) is 7.37. The number of halogens is 3. The number of amides is 1. The molecule has 1 aliphatic heterocycles. The van der Waals surface area contributed by atoms with Gasteiger partial charge in [0.25, 0.3) is 0 Å². The van der Waals surface area contributed by atoms with Crippen LogP contribution in [0.4, 0.5) is 13.2 Å². The smallest absolute Gasteiger partial charge is 0.416 e. The molecule has 1 atom stereocenters. The number of aromatic nitrogens is 3. The summed E-state index contributed by atoms with van der Waals surface area (Å²) in [6.07, 6.45) is 0.0678. The molecule has 1 fully saturated rings. The minimum absolute atomic E-state index is 0.0869. The molecule has 6 nitrogen and oxygen atoms in total. The van der Waals surface area contributed by atoms with E-state index < -0.39 is 11.7 Å². The molecule has 128 valence electrons. The molecule has 1 amide bonds. The minimum atomic E-state index is -4.44. The zero-order valence-corrected chi connectivity index (χ0v) is 12.6. The molecule has 0 spiro atoms. The van der Waals surface area contributed by atoms with Crippen molar-refractivity contribution in [1.82, 2.24) is 19.7 Å². The quantitative estimate of drug-likeness (QED) is 0.854. The maximum atomic E-state index is 12.7. The lowest BCUT2D eigenvalue weighted by molar-refractivity contribution is -0.137. The van der Waals surface area contributed by atoms with E-state index in [4.69, 9.17) is 4.74 Å². The number of pyridine rings is 1. The predicted octanol–water partition coefficient (Wildman–Crippen LogP) is 1.98. The molecule has 1 unspecified atom stereocenters. The number of rotatable bonds is 4. The van der Waals surface area contributed by atoms with E-state index in [1.807, 2.05) is 0 Å². The van der Waals surface area contributed by atoms with E-state index in [1.165, 1.54) is 4.68 Å². The molecular weight excluding hydrogens is 325 g/mol. The van der Waals surface area contributed by atoms with Crippen LogP contribution in [0.15, 0.2) is 36.8 Å². The van der Waals surface area contributed by atoms with Crippen molar-refractivity contribution >= 4 is 5.91 Å². The van der Waals surface area contributed by atoms with Crippen LogP contribution >= 0.6 is 0 Å². The second kappa shape index (κ2) is 6.50. The van der Waals surface area contributed by atoms with Gasteiger partial charge in [-0.3, -0.25) is 9.48 Å². The number of alkyl halides is 3. The molecule has 0 N–H and O–H groups in total. The van der Waals surface area contributed by atoms with Crippen LogP contribution in [-0.2, 0) is 17.5 Å². The molecule has 2 aromatic rings. The second-order valence-corrected chi connectivity index (χ2v) is 5.45. The van der Waals surface area contributed by atoms with Crippen LogP contribution in [0, 0.1) is 0 Å². The second-order valence-electron chi connectivity index (χ2n) is 5.45. The van der Waals surface area contributed by atoms with Gasteiger partial charge in [0.05, 0.1) is 12.1 Å². The lowest BCUT2D eigenvalue weighted by Crippen LogP contribution is -2.33. The Hall–Kier alpha value is -2.58. The van der Waals surface area contributed by atoms with E-state index in [0.29, 0.717) is 19.5 Å². The molecule has 0 saturated carbocycles. The number of carbonyl (C=O) groups is 1. The normalized spacial score (nSPS) is 18.0. The first-order valence-electron chi connectivity index (χ1n) is 7.37. The third-order valence-corrected chi connectivity index (χ3v) is 3.70. The summed E-state index contributed by atoms with van der Waals surface area (Å²) < 4.78 is 45.1. The fraction of sp³-hybridized carbons (Fsp3) is 0.400. The number of ether oxygens (including phenoxy) is 1. The fourth-order valence-electron chi connectivity index (χ4n) is 2.50. The van der Waals surface area contributed by atoms with Gasteiger partial charge in [-0.1, -0.05) is 0 Å². The zero-order chi connectivity index (χ0) is 17.2. The third-order valence-electron chi connectivity index (χ3n) is 3.70. The van der Waals surface area contributed by atoms with Crippen molar-refractivity contribution in [2.24, 2.45) is 0 Å². The van der Waals surface area contributed by atoms with Crippen LogP contribution in [0.1, 0.15) is 12.0 Å². The van der Waals surface area contributed by atoms with Crippen LogP contribution in [0.2, 0.25) is 0 Å². The van der Waals surface area contributed by atoms with Crippen molar-refractivity contribution in [3.05, 3.63) is 42.4 Å².